The molecule has 102 valence electrons. The summed E-state index contributed by atoms with van der Waals surface area (Å²) in [5.41, 5.74) is 0. The largest absolute Gasteiger partial charge is 0.481 e. The molecule has 0 radical (unpaired) electrons. The number of nitrogens with zero attached hydrogens (tertiary/aromatic N) is 1. The normalized spacial score (nSPS) is 30.7. The number of piperidine rings is 1. The van der Waals surface area contributed by atoms with E-state index in [1.807, 2.05) is 4.90 Å². The molecule has 0 aromatic carbocycles. The third-order valence-corrected chi connectivity index (χ3v) is 4.69. The second-order valence-electron chi connectivity index (χ2n) is 6.06. The summed E-state index contributed by atoms with van der Waals surface area (Å²) in [6.07, 6.45) is 5.00. The molecule has 1 amide bonds. The number of carboxylic acids is 1. The first kappa shape index (κ1) is 13.4. The first-order valence-corrected chi connectivity index (χ1v) is 7.00. The van der Waals surface area contributed by atoms with Crippen LogP contribution in [0.15, 0.2) is 0 Å². The summed E-state index contributed by atoms with van der Waals surface area (Å²) in [6.45, 7) is 5.04. The molecule has 2 bridgehead atoms. The smallest absolute Gasteiger partial charge is 0.307 e. The van der Waals surface area contributed by atoms with E-state index in [-0.39, 0.29) is 5.91 Å². The van der Waals surface area contributed by atoms with Gasteiger partial charge in [0.05, 0.1) is 5.92 Å². The molecule has 4 unspecified atom stereocenters. The van der Waals surface area contributed by atoms with Crippen molar-refractivity contribution in [3.8, 4) is 0 Å². The quantitative estimate of drug-likeness (QED) is 0.837. The fraction of sp³-hybridized carbons (Fsp3) is 0.857. The Hall–Kier alpha value is -1.06. The summed E-state index contributed by atoms with van der Waals surface area (Å²) in [5, 5.41) is 8.99. The third kappa shape index (κ3) is 2.68. The van der Waals surface area contributed by atoms with Crippen molar-refractivity contribution in [1.82, 2.24) is 4.90 Å². The van der Waals surface area contributed by atoms with E-state index >= 15 is 0 Å². The molecular formula is C14H23NO3. The number of hydrogen-bond acceptors (Lipinski definition) is 2. The maximum atomic E-state index is 12.3. The summed E-state index contributed by atoms with van der Waals surface area (Å²) in [6, 6.07) is 0. The Kier molecular flexibility index (Phi) is 3.93. The van der Waals surface area contributed by atoms with Gasteiger partial charge in [0.15, 0.2) is 0 Å². The molecule has 0 aromatic rings. The van der Waals surface area contributed by atoms with Gasteiger partial charge in [0.2, 0.25) is 5.91 Å². The van der Waals surface area contributed by atoms with E-state index in [1.54, 1.807) is 13.8 Å². The lowest BCUT2D eigenvalue weighted by molar-refractivity contribution is -0.150. The highest BCUT2D eigenvalue weighted by atomic mass is 16.4. The second-order valence-corrected chi connectivity index (χ2v) is 6.06. The van der Waals surface area contributed by atoms with Crippen LogP contribution in [0.5, 0.6) is 0 Å². The zero-order chi connectivity index (χ0) is 13.3. The van der Waals surface area contributed by atoms with Gasteiger partial charge in [-0.2, -0.15) is 0 Å². The van der Waals surface area contributed by atoms with Crippen LogP contribution in [0.3, 0.4) is 0 Å². The molecule has 1 saturated carbocycles. The molecule has 18 heavy (non-hydrogen) atoms. The average molecular weight is 253 g/mol. The van der Waals surface area contributed by atoms with Crippen molar-refractivity contribution < 1.29 is 14.7 Å². The van der Waals surface area contributed by atoms with Crippen LogP contribution in [0, 0.1) is 23.7 Å². The number of fused-ring (bicyclic) bond motifs is 2. The van der Waals surface area contributed by atoms with Gasteiger partial charge in [-0.15, -0.1) is 0 Å². The summed E-state index contributed by atoms with van der Waals surface area (Å²) >= 11 is 0. The van der Waals surface area contributed by atoms with E-state index in [0.29, 0.717) is 11.8 Å². The van der Waals surface area contributed by atoms with Crippen LogP contribution in [0.25, 0.3) is 0 Å². The fourth-order valence-corrected chi connectivity index (χ4v) is 3.33. The molecule has 2 rings (SSSR count). The van der Waals surface area contributed by atoms with Crippen LogP contribution in [-0.2, 0) is 9.59 Å². The van der Waals surface area contributed by atoms with E-state index in [4.69, 9.17) is 5.11 Å². The van der Waals surface area contributed by atoms with Crippen molar-refractivity contribution in [2.75, 3.05) is 13.1 Å². The minimum absolute atomic E-state index is 0.0292. The van der Waals surface area contributed by atoms with Gasteiger partial charge in [0, 0.05) is 19.0 Å². The highest BCUT2D eigenvalue weighted by Crippen LogP contribution is 2.35. The molecule has 1 heterocycles. The van der Waals surface area contributed by atoms with Crippen molar-refractivity contribution in [1.29, 1.82) is 0 Å². The van der Waals surface area contributed by atoms with E-state index in [1.165, 1.54) is 25.7 Å². The number of likely N-dealkylation sites (tertiary alicyclic amines) is 1. The second kappa shape index (κ2) is 5.29. The van der Waals surface area contributed by atoms with Gasteiger partial charge in [0.1, 0.15) is 0 Å². The van der Waals surface area contributed by atoms with Crippen molar-refractivity contribution in [2.45, 2.75) is 39.5 Å². The van der Waals surface area contributed by atoms with E-state index in [9.17, 15) is 9.59 Å². The molecule has 1 N–H and O–H groups in total. The molecular weight excluding hydrogens is 230 g/mol. The Morgan fingerprint density at radius 1 is 1.11 bits per heavy atom. The average Bonchev–Trinajstić information content (AvgIpc) is 2.35. The lowest BCUT2D eigenvalue weighted by Gasteiger charge is -2.42. The van der Waals surface area contributed by atoms with Gasteiger partial charge >= 0.3 is 5.97 Å². The molecule has 2 aliphatic rings. The Bertz CT molecular complexity index is 330. The van der Waals surface area contributed by atoms with Gasteiger partial charge in [0.25, 0.3) is 0 Å². The SMILES string of the molecule is CC(C(=O)O)C(C)C(=O)N1CC2CCCC(C2)C1. The molecule has 1 saturated heterocycles. The van der Waals surface area contributed by atoms with Gasteiger partial charge in [-0.25, -0.2) is 0 Å². The maximum Gasteiger partial charge on any atom is 0.307 e. The van der Waals surface area contributed by atoms with Gasteiger partial charge in [-0.3, -0.25) is 9.59 Å². The molecule has 4 nitrogen and oxygen atoms in total. The van der Waals surface area contributed by atoms with Gasteiger partial charge < -0.3 is 10.0 Å². The fourth-order valence-electron chi connectivity index (χ4n) is 3.33. The number of aliphatic carboxylic acids is 1. The monoisotopic (exact) mass is 253 g/mol. The van der Waals surface area contributed by atoms with Crippen molar-refractivity contribution in [3.05, 3.63) is 0 Å². The number of carboxylic acid groups (broad SMARTS) is 1. The van der Waals surface area contributed by atoms with Crippen LogP contribution in [-0.4, -0.2) is 35.0 Å². The van der Waals surface area contributed by atoms with E-state index < -0.39 is 17.8 Å². The molecule has 4 atom stereocenters. The molecule has 2 fully saturated rings. The first-order chi connectivity index (χ1) is 8.49. The highest BCUT2D eigenvalue weighted by Gasteiger charge is 2.36. The zero-order valence-corrected chi connectivity index (χ0v) is 11.3. The Balaban J connectivity index is 1.98. The minimum atomic E-state index is -0.881. The third-order valence-electron chi connectivity index (χ3n) is 4.69. The lowest BCUT2D eigenvalue weighted by Crippen LogP contribution is -2.48. The first-order valence-electron chi connectivity index (χ1n) is 7.00. The highest BCUT2D eigenvalue weighted by molar-refractivity contribution is 5.84. The van der Waals surface area contributed by atoms with Crippen molar-refractivity contribution in [3.63, 3.8) is 0 Å². The summed E-state index contributed by atoms with van der Waals surface area (Å²) in [5.74, 6) is -0.572. The van der Waals surface area contributed by atoms with Crippen molar-refractivity contribution >= 4 is 11.9 Å². The number of carbonyl (C=O) groups excluding carboxylic acids is 1. The Labute approximate surface area is 108 Å². The minimum Gasteiger partial charge on any atom is -0.481 e. The Morgan fingerprint density at radius 3 is 2.17 bits per heavy atom. The lowest BCUT2D eigenvalue weighted by atomic mass is 9.77. The summed E-state index contributed by atoms with van der Waals surface area (Å²) < 4.78 is 0. The molecule has 1 aliphatic heterocycles. The predicted octanol–water partition coefficient (Wildman–Crippen LogP) is 1.99. The van der Waals surface area contributed by atoms with E-state index in [0.717, 1.165) is 13.1 Å². The standard InChI is InChI=1S/C14H23NO3/c1-9(10(2)14(17)18)13(16)15-7-11-4-3-5-12(6-11)8-15/h9-12H,3-8H2,1-2H3,(H,17,18). The number of amides is 1. The number of rotatable bonds is 3. The van der Waals surface area contributed by atoms with Crippen LogP contribution in [0.2, 0.25) is 0 Å². The maximum absolute atomic E-state index is 12.3. The van der Waals surface area contributed by atoms with Crippen LogP contribution >= 0.6 is 0 Å². The van der Waals surface area contributed by atoms with E-state index in [2.05, 4.69) is 0 Å². The van der Waals surface area contributed by atoms with Crippen LogP contribution in [0.4, 0.5) is 0 Å². The predicted molar refractivity (Wildman–Crippen MR) is 68.0 cm³/mol. The Morgan fingerprint density at radius 2 is 1.67 bits per heavy atom. The summed E-state index contributed by atoms with van der Waals surface area (Å²) in [7, 11) is 0. The summed E-state index contributed by atoms with van der Waals surface area (Å²) in [4.78, 5) is 25.2. The van der Waals surface area contributed by atoms with Crippen molar-refractivity contribution in [2.24, 2.45) is 23.7 Å². The molecule has 4 heteroatoms. The van der Waals surface area contributed by atoms with Gasteiger partial charge in [-0.05, 0) is 31.1 Å². The number of hydrogen-bond donors (Lipinski definition) is 1. The molecule has 0 spiro atoms. The van der Waals surface area contributed by atoms with Crippen LogP contribution in [0.1, 0.15) is 39.5 Å². The van der Waals surface area contributed by atoms with Gasteiger partial charge in [-0.1, -0.05) is 20.3 Å². The molecule has 0 aromatic heterocycles. The number of carbonyl (C=O) groups is 2. The molecule has 1 aliphatic carbocycles. The zero-order valence-electron chi connectivity index (χ0n) is 11.3. The topological polar surface area (TPSA) is 57.6 Å². The van der Waals surface area contributed by atoms with Crippen LogP contribution < -0.4 is 0 Å².